The molecule has 1 aromatic heterocycles. The summed E-state index contributed by atoms with van der Waals surface area (Å²) in [5.74, 6) is 0.133. The maximum absolute atomic E-state index is 11.7. The highest BCUT2D eigenvalue weighted by Gasteiger charge is 2.45. The fourth-order valence-corrected chi connectivity index (χ4v) is 2.68. The molecule has 24 heavy (non-hydrogen) atoms. The van der Waals surface area contributed by atoms with Gasteiger partial charge in [-0.25, -0.2) is 4.98 Å². The van der Waals surface area contributed by atoms with Crippen molar-refractivity contribution in [2.45, 2.75) is 51.4 Å². The summed E-state index contributed by atoms with van der Waals surface area (Å²) in [7, 11) is 1.37. The van der Waals surface area contributed by atoms with E-state index >= 15 is 0 Å². The molecule has 1 aromatic rings. The van der Waals surface area contributed by atoms with Crippen molar-refractivity contribution in [1.29, 1.82) is 5.26 Å². The van der Waals surface area contributed by atoms with Gasteiger partial charge in [0.1, 0.15) is 17.5 Å². The second kappa shape index (κ2) is 7.01. The number of nitrogen functional groups attached to an aromatic ring is 1. The SMILES string of the molecule is COC(=O)C[C@@H]1[C@@H](Nc2ncc(C#N)c(N)n2)C[C@H]1OC(C)(C)C. The van der Waals surface area contributed by atoms with Crippen LogP contribution in [0.15, 0.2) is 6.20 Å². The minimum Gasteiger partial charge on any atom is -0.469 e. The summed E-state index contributed by atoms with van der Waals surface area (Å²) in [6.07, 6.45) is 2.31. The van der Waals surface area contributed by atoms with Crippen molar-refractivity contribution in [1.82, 2.24) is 9.97 Å². The number of anilines is 2. The Hall–Kier alpha value is -2.40. The van der Waals surface area contributed by atoms with Crippen molar-refractivity contribution in [3.05, 3.63) is 11.8 Å². The molecule has 0 unspecified atom stereocenters. The number of hydrogen-bond donors (Lipinski definition) is 2. The van der Waals surface area contributed by atoms with Crippen LogP contribution in [0, 0.1) is 17.2 Å². The summed E-state index contributed by atoms with van der Waals surface area (Å²) in [6.45, 7) is 5.94. The molecule has 2 rings (SSSR count). The van der Waals surface area contributed by atoms with Crippen molar-refractivity contribution < 1.29 is 14.3 Å². The molecule has 0 saturated heterocycles. The molecule has 0 spiro atoms. The highest BCUT2D eigenvalue weighted by Crippen LogP contribution is 2.38. The topological polar surface area (TPSA) is 123 Å². The number of nitriles is 1. The zero-order valence-electron chi connectivity index (χ0n) is 14.4. The van der Waals surface area contributed by atoms with Crippen molar-refractivity contribution in [2.24, 2.45) is 5.92 Å². The molecular formula is C16H23N5O3. The standard InChI is InChI=1S/C16H23N5O3/c1-16(2,3)24-12-6-11(10(12)5-13(22)23-4)20-15-19-8-9(7-17)14(18)21-15/h8,10-12H,5-6H2,1-4H3,(H3,18,19,20,21)/t10-,11+,12-/m1/s1. The molecule has 0 radical (unpaired) electrons. The van der Waals surface area contributed by atoms with Crippen LogP contribution in [0.5, 0.6) is 0 Å². The molecule has 1 saturated carbocycles. The van der Waals surface area contributed by atoms with Crippen molar-refractivity contribution in [3.8, 4) is 6.07 Å². The molecule has 1 fully saturated rings. The molecule has 130 valence electrons. The molecule has 1 aliphatic rings. The number of methoxy groups -OCH3 is 1. The van der Waals surface area contributed by atoms with Gasteiger partial charge >= 0.3 is 5.97 Å². The third-order valence-electron chi connectivity index (χ3n) is 3.87. The predicted molar refractivity (Wildman–Crippen MR) is 87.9 cm³/mol. The maximum atomic E-state index is 11.7. The quantitative estimate of drug-likeness (QED) is 0.777. The summed E-state index contributed by atoms with van der Waals surface area (Å²) < 4.78 is 10.8. The Bertz CT molecular complexity index is 650. The van der Waals surface area contributed by atoms with E-state index in [4.69, 9.17) is 20.5 Å². The molecule has 8 heteroatoms. The van der Waals surface area contributed by atoms with Crippen LogP contribution in [-0.4, -0.2) is 40.8 Å². The van der Waals surface area contributed by atoms with Gasteiger partial charge in [0.2, 0.25) is 5.95 Å². The number of aromatic nitrogens is 2. The Labute approximate surface area is 141 Å². The van der Waals surface area contributed by atoms with Crippen LogP contribution in [0.3, 0.4) is 0 Å². The molecule has 0 bridgehead atoms. The lowest BCUT2D eigenvalue weighted by molar-refractivity contribution is -0.155. The third kappa shape index (κ3) is 4.32. The summed E-state index contributed by atoms with van der Waals surface area (Å²) in [6, 6.07) is 1.90. The van der Waals surface area contributed by atoms with E-state index in [9.17, 15) is 4.79 Å². The largest absolute Gasteiger partial charge is 0.469 e. The van der Waals surface area contributed by atoms with Gasteiger partial charge in [-0.3, -0.25) is 4.79 Å². The minimum absolute atomic E-state index is 0.0243. The van der Waals surface area contributed by atoms with Crippen LogP contribution >= 0.6 is 0 Å². The number of carbonyl (C=O) groups excluding carboxylic acids is 1. The van der Waals surface area contributed by atoms with Crippen LogP contribution in [0.4, 0.5) is 11.8 Å². The van der Waals surface area contributed by atoms with Crippen LogP contribution in [0.1, 0.15) is 39.2 Å². The third-order valence-corrected chi connectivity index (χ3v) is 3.87. The van der Waals surface area contributed by atoms with Crippen LogP contribution in [0.2, 0.25) is 0 Å². The Morgan fingerprint density at radius 2 is 2.25 bits per heavy atom. The van der Waals surface area contributed by atoms with Crippen LogP contribution in [-0.2, 0) is 14.3 Å². The highest BCUT2D eigenvalue weighted by atomic mass is 16.5. The van der Waals surface area contributed by atoms with Gasteiger partial charge in [0.25, 0.3) is 0 Å². The average molecular weight is 333 g/mol. The van der Waals surface area contributed by atoms with Gasteiger partial charge in [-0.05, 0) is 27.2 Å². The number of nitrogens with zero attached hydrogens (tertiary/aromatic N) is 3. The molecule has 3 N–H and O–H groups in total. The fraction of sp³-hybridized carbons (Fsp3) is 0.625. The van der Waals surface area contributed by atoms with E-state index in [1.165, 1.54) is 13.3 Å². The number of rotatable bonds is 5. The van der Waals surface area contributed by atoms with Gasteiger partial charge in [0.15, 0.2) is 0 Å². The fourth-order valence-electron chi connectivity index (χ4n) is 2.68. The van der Waals surface area contributed by atoms with E-state index < -0.39 is 0 Å². The van der Waals surface area contributed by atoms with Gasteiger partial charge in [0, 0.05) is 12.0 Å². The van der Waals surface area contributed by atoms with Gasteiger partial charge in [-0.15, -0.1) is 0 Å². The maximum Gasteiger partial charge on any atom is 0.305 e. The number of carbonyl (C=O) groups is 1. The van der Waals surface area contributed by atoms with Gasteiger partial charge in [-0.1, -0.05) is 0 Å². The van der Waals surface area contributed by atoms with E-state index in [-0.39, 0.29) is 47.4 Å². The summed E-state index contributed by atoms with van der Waals surface area (Å²) in [5, 5.41) is 12.0. The first-order valence-electron chi connectivity index (χ1n) is 7.77. The first kappa shape index (κ1) is 17.9. The lowest BCUT2D eigenvalue weighted by Crippen LogP contribution is -2.54. The molecule has 0 aliphatic heterocycles. The van der Waals surface area contributed by atoms with Crippen molar-refractivity contribution in [3.63, 3.8) is 0 Å². The van der Waals surface area contributed by atoms with E-state index in [1.807, 2.05) is 26.8 Å². The van der Waals surface area contributed by atoms with E-state index in [0.29, 0.717) is 5.95 Å². The average Bonchev–Trinajstić information content (AvgIpc) is 2.50. The van der Waals surface area contributed by atoms with Gasteiger partial charge in [0.05, 0.1) is 31.4 Å². The molecule has 1 heterocycles. The van der Waals surface area contributed by atoms with E-state index in [2.05, 4.69) is 15.3 Å². The number of nitrogens with one attached hydrogen (secondary N) is 1. The molecule has 0 amide bonds. The lowest BCUT2D eigenvalue weighted by atomic mass is 9.74. The van der Waals surface area contributed by atoms with E-state index in [1.54, 1.807) is 0 Å². The summed E-state index contributed by atoms with van der Waals surface area (Å²) in [5.41, 5.74) is 5.64. The van der Waals surface area contributed by atoms with Crippen LogP contribution in [0.25, 0.3) is 0 Å². The number of esters is 1. The second-order valence-electron chi connectivity index (χ2n) is 6.80. The Morgan fingerprint density at radius 3 is 2.79 bits per heavy atom. The van der Waals surface area contributed by atoms with E-state index in [0.717, 1.165) is 6.42 Å². The summed E-state index contributed by atoms with van der Waals surface area (Å²) in [4.78, 5) is 19.8. The smallest absolute Gasteiger partial charge is 0.305 e. The normalized spacial score (nSPS) is 23.0. The monoisotopic (exact) mass is 333 g/mol. The van der Waals surface area contributed by atoms with Crippen LogP contribution < -0.4 is 11.1 Å². The highest BCUT2D eigenvalue weighted by molar-refractivity contribution is 5.70. The zero-order chi connectivity index (χ0) is 17.9. The number of hydrogen-bond acceptors (Lipinski definition) is 8. The minimum atomic E-state index is -0.292. The number of ether oxygens (including phenoxy) is 2. The summed E-state index contributed by atoms with van der Waals surface area (Å²) >= 11 is 0. The van der Waals surface area contributed by atoms with Gasteiger partial charge in [-0.2, -0.15) is 10.2 Å². The Morgan fingerprint density at radius 1 is 1.54 bits per heavy atom. The molecule has 0 aromatic carbocycles. The molecule has 1 aliphatic carbocycles. The van der Waals surface area contributed by atoms with Gasteiger partial charge < -0.3 is 20.5 Å². The number of nitrogens with two attached hydrogens (primary N) is 1. The first-order valence-corrected chi connectivity index (χ1v) is 7.77. The first-order chi connectivity index (χ1) is 11.2. The molecule has 8 nitrogen and oxygen atoms in total. The predicted octanol–water partition coefficient (Wildman–Crippen LogP) is 1.48. The zero-order valence-corrected chi connectivity index (χ0v) is 14.4. The lowest BCUT2D eigenvalue weighted by Gasteiger charge is -2.46. The Balaban J connectivity index is 2.07. The molecule has 3 atom stereocenters. The van der Waals surface area contributed by atoms with Crippen molar-refractivity contribution >= 4 is 17.7 Å². The van der Waals surface area contributed by atoms with Crippen molar-refractivity contribution in [2.75, 3.05) is 18.2 Å². The Kier molecular flexibility index (Phi) is 5.24. The second-order valence-corrected chi connectivity index (χ2v) is 6.80. The molecular weight excluding hydrogens is 310 g/mol.